The Kier molecular flexibility index (Phi) is 80.2. The van der Waals surface area contributed by atoms with Crippen LogP contribution in [-0.4, -0.2) is 96.7 Å². The van der Waals surface area contributed by atoms with Gasteiger partial charge in [0.05, 0.1) is 26.4 Å². The Morgan fingerprint density at radius 1 is 0.250 bits per heavy atom. The van der Waals surface area contributed by atoms with Crippen molar-refractivity contribution in [3.05, 3.63) is 0 Å². The SMILES string of the molecule is CCCCCCCCCCCCCCCCCCCCCCCCC(=O)O[C@H](COC(=O)CCCCCCCCCCCCCCCCCCCCC(C)C)COP(=O)(O)OC[C@@H](O)COP(=O)(O)OC[C@@H](COC(=O)CCCCCCCCCC)OC(=O)CCCCCCCCCCCCCCCCCCC. The van der Waals surface area contributed by atoms with E-state index < -0.39 is 97.5 Å². The van der Waals surface area contributed by atoms with Crippen molar-refractivity contribution in [3.8, 4) is 0 Å². The third-order valence-corrected chi connectivity index (χ3v) is 22.9. The highest BCUT2D eigenvalue weighted by Gasteiger charge is 2.30. The first-order valence-electron chi connectivity index (χ1n) is 46.1. The molecule has 0 saturated carbocycles. The van der Waals surface area contributed by atoms with Crippen molar-refractivity contribution >= 4 is 39.5 Å². The van der Waals surface area contributed by atoms with Gasteiger partial charge in [-0.15, -0.1) is 0 Å². The van der Waals surface area contributed by atoms with Crippen LogP contribution in [0.5, 0.6) is 0 Å². The van der Waals surface area contributed by atoms with Crippen LogP contribution >= 0.6 is 15.6 Å². The number of rotatable bonds is 89. The molecule has 0 amide bonds. The predicted octanol–water partition coefficient (Wildman–Crippen LogP) is 27.5. The van der Waals surface area contributed by atoms with E-state index in [0.29, 0.717) is 25.7 Å². The molecule has 0 fully saturated rings. The molecule has 3 N–H and O–H groups in total. The summed E-state index contributed by atoms with van der Waals surface area (Å²) in [6, 6.07) is 0. The van der Waals surface area contributed by atoms with Crippen LogP contribution in [0.1, 0.15) is 484 Å². The number of esters is 4. The molecule has 0 saturated heterocycles. The molecule has 0 heterocycles. The van der Waals surface area contributed by atoms with Crippen molar-refractivity contribution in [3.63, 3.8) is 0 Å². The third kappa shape index (κ3) is 82.1. The van der Waals surface area contributed by atoms with Gasteiger partial charge in [0.25, 0.3) is 0 Å². The fourth-order valence-electron chi connectivity index (χ4n) is 14.0. The molecule has 0 aliphatic heterocycles. The first kappa shape index (κ1) is 106. The standard InChI is InChI=1S/C89H174O17P2/c1-6-9-12-15-18-21-23-25-27-29-30-31-32-33-39-43-47-51-55-60-65-70-75-89(94)106-85(79-100-87(92)73-68-63-58-53-49-45-41-38-35-34-37-40-44-48-52-56-61-66-71-82(4)5)81-104-108(97,98)102-77-83(90)76-101-107(95,96)103-80-84(78-99-86(91)72-67-62-57-20-17-14-11-8-3)105-88(93)74-69-64-59-54-50-46-42-36-28-26-24-22-19-16-13-10-7-2/h82-85,90H,6-81H2,1-5H3,(H,95,96)(H,97,98)/t83-,84+,85+/m0/s1. The Balaban J connectivity index is 5.17. The first-order valence-corrected chi connectivity index (χ1v) is 49.1. The van der Waals surface area contributed by atoms with E-state index in [-0.39, 0.29) is 25.7 Å². The third-order valence-electron chi connectivity index (χ3n) is 21.0. The molecule has 0 aliphatic carbocycles. The zero-order valence-electron chi connectivity index (χ0n) is 71.0. The molecule has 642 valence electrons. The maximum Gasteiger partial charge on any atom is 0.472 e. The van der Waals surface area contributed by atoms with E-state index in [1.54, 1.807) is 0 Å². The molecule has 108 heavy (non-hydrogen) atoms. The number of ether oxygens (including phenoxy) is 4. The maximum atomic E-state index is 13.2. The van der Waals surface area contributed by atoms with Gasteiger partial charge < -0.3 is 33.8 Å². The van der Waals surface area contributed by atoms with E-state index >= 15 is 0 Å². The minimum Gasteiger partial charge on any atom is -0.462 e. The number of aliphatic hydroxyl groups excluding tert-OH is 1. The van der Waals surface area contributed by atoms with E-state index in [0.717, 1.165) is 95.8 Å². The van der Waals surface area contributed by atoms with Crippen LogP contribution in [0.25, 0.3) is 0 Å². The Hall–Kier alpha value is -1.94. The number of hydrogen-bond donors (Lipinski definition) is 3. The van der Waals surface area contributed by atoms with E-state index in [2.05, 4.69) is 34.6 Å². The minimum atomic E-state index is -4.97. The fourth-order valence-corrected chi connectivity index (χ4v) is 15.6. The van der Waals surface area contributed by atoms with Crippen LogP contribution in [0.4, 0.5) is 0 Å². The molecular formula is C89H174O17P2. The molecule has 0 spiro atoms. The van der Waals surface area contributed by atoms with Crippen LogP contribution in [0.2, 0.25) is 0 Å². The van der Waals surface area contributed by atoms with Gasteiger partial charge in [0.2, 0.25) is 0 Å². The molecule has 0 aliphatic rings. The topological polar surface area (TPSA) is 237 Å². The summed E-state index contributed by atoms with van der Waals surface area (Å²) in [6.07, 6.45) is 76.7. The number of aliphatic hydroxyl groups is 1. The first-order chi connectivity index (χ1) is 52.5. The number of carbonyl (C=O) groups excluding carboxylic acids is 4. The highest BCUT2D eigenvalue weighted by atomic mass is 31.2. The van der Waals surface area contributed by atoms with Crippen molar-refractivity contribution < 1.29 is 80.2 Å². The van der Waals surface area contributed by atoms with Gasteiger partial charge in [0.15, 0.2) is 12.2 Å². The van der Waals surface area contributed by atoms with Gasteiger partial charge in [-0.25, -0.2) is 9.13 Å². The normalized spacial score (nSPS) is 13.7. The summed E-state index contributed by atoms with van der Waals surface area (Å²) in [4.78, 5) is 73.2. The summed E-state index contributed by atoms with van der Waals surface area (Å²) < 4.78 is 68.9. The van der Waals surface area contributed by atoms with Crippen LogP contribution in [-0.2, 0) is 65.4 Å². The maximum absolute atomic E-state index is 13.2. The summed E-state index contributed by atoms with van der Waals surface area (Å²) >= 11 is 0. The molecule has 5 atom stereocenters. The van der Waals surface area contributed by atoms with E-state index in [9.17, 15) is 43.2 Å². The lowest BCUT2D eigenvalue weighted by molar-refractivity contribution is -0.161. The zero-order chi connectivity index (χ0) is 79.0. The Labute approximate surface area is 664 Å². The van der Waals surface area contributed by atoms with Crippen molar-refractivity contribution in [2.45, 2.75) is 502 Å². The summed E-state index contributed by atoms with van der Waals surface area (Å²) in [5.41, 5.74) is 0. The Morgan fingerprint density at radius 2 is 0.426 bits per heavy atom. The van der Waals surface area contributed by atoms with E-state index in [1.807, 2.05) is 0 Å². The van der Waals surface area contributed by atoms with Crippen molar-refractivity contribution in [1.82, 2.24) is 0 Å². The second-order valence-electron chi connectivity index (χ2n) is 32.5. The largest absolute Gasteiger partial charge is 0.472 e. The molecular weight excluding hydrogens is 1400 g/mol. The second-order valence-corrected chi connectivity index (χ2v) is 35.4. The van der Waals surface area contributed by atoms with Gasteiger partial charge >= 0.3 is 39.5 Å². The molecule has 0 aromatic rings. The van der Waals surface area contributed by atoms with Crippen LogP contribution in [0.15, 0.2) is 0 Å². The predicted molar refractivity (Wildman–Crippen MR) is 446 cm³/mol. The summed E-state index contributed by atoms with van der Waals surface area (Å²) in [5, 5.41) is 10.7. The lowest BCUT2D eigenvalue weighted by atomic mass is 10.0. The van der Waals surface area contributed by atoms with Gasteiger partial charge in [0.1, 0.15) is 19.3 Å². The van der Waals surface area contributed by atoms with Crippen LogP contribution < -0.4 is 0 Å². The smallest absolute Gasteiger partial charge is 0.462 e. The summed E-state index contributed by atoms with van der Waals surface area (Å²) in [7, 11) is -9.93. The van der Waals surface area contributed by atoms with Gasteiger partial charge in [-0.1, -0.05) is 433 Å². The minimum absolute atomic E-state index is 0.109. The molecule has 2 unspecified atom stereocenters. The number of carbonyl (C=O) groups is 4. The van der Waals surface area contributed by atoms with Crippen LogP contribution in [0, 0.1) is 5.92 Å². The molecule has 0 aromatic heterocycles. The fraction of sp³-hybridized carbons (Fsp3) is 0.955. The Bertz CT molecular complexity index is 2050. The van der Waals surface area contributed by atoms with E-state index in [1.165, 1.54) is 308 Å². The second kappa shape index (κ2) is 81.6. The van der Waals surface area contributed by atoms with Gasteiger partial charge in [-0.05, 0) is 31.6 Å². The highest BCUT2D eigenvalue weighted by molar-refractivity contribution is 7.47. The Morgan fingerprint density at radius 3 is 0.630 bits per heavy atom. The lowest BCUT2D eigenvalue weighted by Gasteiger charge is -2.21. The highest BCUT2D eigenvalue weighted by Crippen LogP contribution is 2.45. The number of phosphoric ester groups is 2. The average Bonchev–Trinajstić information content (AvgIpc) is 0.895. The van der Waals surface area contributed by atoms with Crippen molar-refractivity contribution in [2.75, 3.05) is 39.6 Å². The van der Waals surface area contributed by atoms with Crippen molar-refractivity contribution in [1.29, 1.82) is 0 Å². The molecule has 0 aromatic carbocycles. The van der Waals surface area contributed by atoms with Gasteiger partial charge in [0, 0.05) is 25.7 Å². The van der Waals surface area contributed by atoms with E-state index in [4.69, 9.17) is 37.0 Å². The van der Waals surface area contributed by atoms with Crippen LogP contribution in [0.3, 0.4) is 0 Å². The summed E-state index contributed by atoms with van der Waals surface area (Å²) in [5.74, 6) is -1.28. The summed E-state index contributed by atoms with van der Waals surface area (Å²) in [6.45, 7) is 7.39. The molecule has 17 nitrogen and oxygen atoms in total. The lowest BCUT2D eigenvalue weighted by Crippen LogP contribution is -2.30. The molecule has 0 bridgehead atoms. The van der Waals surface area contributed by atoms with Gasteiger partial charge in [-0.3, -0.25) is 37.3 Å². The zero-order valence-corrected chi connectivity index (χ0v) is 72.8. The number of hydrogen-bond acceptors (Lipinski definition) is 15. The van der Waals surface area contributed by atoms with Gasteiger partial charge in [-0.2, -0.15) is 0 Å². The number of unbranched alkanes of at least 4 members (excludes halogenated alkanes) is 61. The molecule has 0 radical (unpaired) electrons. The average molecular weight is 1580 g/mol. The number of phosphoric acid groups is 2. The monoisotopic (exact) mass is 1580 g/mol. The molecule has 19 heteroatoms. The van der Waals surface area contributed by atoms with Crippen molar-refractivity contribution in [2.24, 2.45) is 5.92 Å². The quantitative estimate of drug-likeness (QED) is 0.0222. The molecule has 0 rings (SSSR count).